The minimum Gasteiger partial charge on any atom is -0.481 e. The Hall–Kier alpha value is -1.27. The summed E-state index contributed by atoms with van der Waals surface area (Å²) in [6, 6.07) is 0. The number of hydrogen-bond acceptors (Lipinski definition) is 2. The van der Waals surface area contributed by atoms with Crippen molar-refractivity contribution >= 4 is 5.97 Å². The van der Waals surface area contributed by atoms with E-state index in [1.165, 1.54) is 0 Å². The molecule has 0 radical (unpaired) electrons. The Morgan fingerprint density at radius 2 is 1.77 bits per heavy atom. The first kappa shape index (κ1) is 20.7. The molecule has 1 unspecified atom stereocenters. The number of rotatable bonds is 12. The van der Waals surface area contributed by atoms with Crippen molar-refractivity contribution in [1.82, 2.24) is 0 Å². The average molecular weight is 308 g/mol. The van der Waals surface area contributed by atoms with Gasteiger partial charge in [0.25, 0.3) is 0 Å². The molecule has 0 amide bonds. The Balaban J connectivity index is 3.61. The molecular formula is C19H32O3. The summed E-state index contributed by atoms with van der Waals surface area (Å²) in [5.41, 5.74) is -0.871. The summed E-state index contributed by atoms with van der Waals surface area (Å²) >= 11 is 0. The van der Waals surface area contributed by atoms with Crippen LogP contribution in [0, 0.1) is 11.8 Å². The van der Waals surface area contributed by atoms with Gasteiger partial charge in [0.2, 0.25) is 0 Å². The molecule has 0 bridgehead atoms. The van der Waals surface area contributed by atoms with Crippen molar-refractivity contribution in [2.45, 2.75) is 90.1 Å². The molecular weight excluding hydrogens is 276 g/mol. The van der Waals surface area contributed by atoms with Crippen molar-refractivity contribution in [2.24, 2.45) is 0 Å². The molecule has 0 rings (SSSR count). The van der Waals surface area contributed by atoms with Crippen LogP contribution in [0.4, 0.5) is 0 Å². The second-order valence-corrected chi connectivity index (χ2v) is 6.10. The van der Waals surface area contributed by atoms with E-state index in [1.54, 1.807) is 6.92 Å². The lowest BCUT2D eigenvalue weighted by molar-refractivity contribution is -0.137. The van der Waals surface area contributed by atoms with E-state index in [2.05, 4.69) is 18.8 Å². The molecule has 0 aromatic heterocycles. The van der Waals surface area contributed by atoms with E-state index < -0.39 is 11.6 Å². The SMILES string of the molecule is CCCCCC(C)(O)C#CC=CCCCCCCCC(=O)O. The predicted molar refractivity (Wildman–Crippen MR) is 91.6 cm³/mol. The number of carbonyl (C=O) groups is 1. The van der Waals surface area contributed by atoms with Gasteiger partial charge in [0.15, 0.2) is 0 Å². The van der Waals surface area contributed by atoms with E-state index in [4.69, 9.17) is 5.11 Å². The zero-order chi connectivity index (χ0) is 16.7. The fourth-order valence-corrected chi connectivity index (χ4v) is 2.19. The summed E-state index contributed by atoms with van der Waals surface area (Å²) < 4.78 is 0. The second-order valence-electron chi connectivity index (χ2n) is 6.10. The summed E-state index contributed by atoms with van der Waals surface area (Å²) in [5.74, 6) is 5.14. The molecule has 3 nitrogen and oxygen atoms in total. The van der Waals surface area contributed by atoms with Crippen LogP contribution in [0.2, 0.25) is 0 Å². The van der Waals surface area contributed by atoms with Gasteiger partial charge in [-0.15, -0.1) is 0 Å². The Bertz CT molecular complexity index is 372. The molecule has 1 atom stereocenters. The molecule has 0 heterocycles. The third kappa shape index (κ3) is 15.1. The molecule has 0 spiro atoms. The Morgan fingerprint density at radius 3 is 2.45 bits per heavy atom. The molecule has 0 aromatic rings. The van der Waals surface area contributed by atoms with Gasteiger partial charge in [-0.25, -0.2) is 0 Å². The Morgan fingerprint density at radius 1 is 1.09 bits per heavy atom. The number of carboxylic acid groups (broad SMARTS) is 1. The van der Waals surface area contributed by atoms with Crippen LogP contribution in [0.25, 0.3) is 0 Å². The lowest BCUT2D eigenvalue weighted by atomic mass is 9.99. The van der Waals surface area contributed by atoms with Crippen LogP contribution in [0.5, 0.6) is 0 Å². The van der Waals surface area contributed by atoms with Gasteiger partial charge in [0, 0.05) is 6.42 Å². The summed E-state index contributed by atoms with van der Waals surface area (Å²) in [6.07, 6.45) is 14.3. The topological polar surface area (TPSA) is 57.5 Å². The van der Waals surface area contributed by atoms with Crippen LogP contribution in [-0.2, 0) is 4.79 Å². The van der Waals surface area contributed by atoms with Crippen molar-refractivity contribution in [3.8, 4) is 11.8 Å². The molecule has 0 aliphatic heterocycles. The van der Waals surface area contributed by atoms with Gasteiger partial charge in [-0.2, -0.15) is 0 Å². The maximum absolute atomic E-state index is 10.3. The van der Waals surface area contributed by atoms with Gasteiger partial charge in [-0.3, -0.25) is 4.79 Å². The fraction of sp³-hybridized carbons (Fsp3) is 0.737. The van der Waals surface area contributed by atoms with Crippen LogP contribution in [0.1, 0.15) is 84.5 Å². The second kappa shape index (κ2) is 13.4. The molecule has 0 saturated heterocycles. The van der Waals surface area contributed by atoms with E-state index >= 15 is 0 Å². The average Bonchev–Trinajstić information content (AvgIpc) is 2.44. The Kier molecular flexibility index (Phi) is 12.6. The predicted octanol–water partition coefficient (Wildman–Crippen LogP) is 4.69. The molecule has 0 aromatic carbocycles. The number of unbranched alkanes of at least 4 members (excludes halogenated alkanes) is 7. The standard InChI is InChI=1S/C19H32O3/c1-3-4-13-16-19(2,22)17-14-11-9-7-5-6-8-10-12-15-18(20)21/h9,11,22H,3-8,10,12-13,15-16H2,1-2H3,(H,20,21). The number of carboxylic acids is 1. The summed E-state index contributed by atoms with van der Waals surface area (Å²) in [7, 11) is 0. The van der Waals surface area contributed by atoms with Crippen molar-refractivity contribution in [1.29, 1.82) is 0 Å². The molecule has 22 heavy (non-hydrogen) atoms. The van der Waals surface area contributed by atoms with Gasteiger partial charge >= 0.3 is 5.97 Å². The van der Waals surface area contributed by atoms with E-state index in [9.17, 15) is 9.90 Å². The third-order valence-corrected chi connectivity index (χ3v) is 3.57. The number of aliphatic carboxylic acids is 1. The molecule has 0 fully saturated rings. The van der Waals surface area contributed by atoms with Crippen molar-refractivity contribution < 1.29 is 15.0 Å². The molecule has 3 heteroatoms. The molecule has 0 aliphatic carbocycles. The van der Waals surface area contributed by atoms with Crippen LogP contribution < -0.4 is 0 Å². The maximum atomic E-state index is 10.3. The smallest absolute Gasteiger partial charge is 0.303 e. The highest BCUT2D eigenvalue weighted by atomic mass is 16.4. The monoisotopic (exact) mass is 308 g/mol. The van der Waals surface area contributed by atoms with Gasteiger partial charge in [0.05, 0.1) is 0 Å². The first-order valence-electron chi connectivity index (χ1n) is 8.60. The number of aliphatic hydroxyl groups is 1. The van der Waals surface area contributed by atoms with Gasteiger partial charge in [0.1, 0.15) is 5.60 Å². The zero-order valence-electron chi connectivity index (χ0n) is 14.2. The van der Waals surface area contributed by atoms with E-state index in [0.29, 0.717) is 0 Å². The lowest BCUT2D eigenvalue weighted by Crippen LogP contribution is -2.20. The molecule has 0 aliphatic rings. The summed E-state index contributed by atoms with van der Waals surface area (Å²) in [6.45, 7) is 3.93. The van der Waals surface area contributed by atoms with Crippen LogP contribution in [0.15, 0.2) is 12.2 Å². The van der Waals surface area contributed by atoms with E-state index in [0.717, 1.165) is 64.2 Å². The van der Waals surface area contributed by atoms with Crippen molar-refractivity contribution in [3.05, 3.63) is 12.2 Å². The van der Waals surface area contributed by atoms with Gasteiger partial charge < -0.3 is 10.2 Å². The van der Waals surface area contributed by atoms with Crippen molar-refractivity contribution in [3.63, 3.8) is 0 Å². The molecule has 0 saturated carbocycles. The minimum atomic E-state index is -0.871. The molecule has 2 N–H and O–H groups in total. The highest BCUT2D eigenvalue weighted by molar-refractivity contribution is 5.66. The lowest BCUT2D eigenvalue weighted by Gasteiger charge is -2.15. The first-order chi connectivity index (χ1) is 10.5. The van der Waals surface area contributed by atoms with Crippen molar-refractivity contribution in [2.75, 3.05) is 0 Å². The van der Waals surface area contributed by atoms with Gasteiger partial charge in [-0.1, -0.05) is 56.9 Å². The fourth-order valence-electron chi connectivity index (χ4n) is 2.19. The van der Waals surface area contributed by atoms with Gasteiger partial charge in [-0.05, 0) is 45.1 Å². The number of allylic oxidation sites excluding steroid dienone is 2. The van der Waals surface area contributed by atoms with E-state index in [-0.39, 0.29) is 6.42 Å². The highest BCUT2D eigenvalue weighted by Gasteiger charge is 2.15. The third-order valence-electron chi connectivity index (χ3n) is 3.57. The zero-order valence-corrected chi connectivity index (χ0v) is 14.2. The largest absolute Gasteiger partial charge is 0.481 e. The minimum absolute atomic E-state index is 0.285. The van der Waals surface area contributed by atoms with E-state index in [1.807, 2.05) is 12.2 Å². The first-order valence-corrected chi connectivity index (χ1v) is 8.60. The number of hydrogen-bond donors (Lipinski definition) is 2. The quantitative estimate of drug-likeness (QED) is 0.406. The summed E-state index contributed by atoms with van der Waals surface area (Å²) in [5, 5.41) is 18.6. The van der Waals surface area contributed by atoms with Crippen LogP contribution in [0.3, 0.4) is 0 Å². The van der Waals surface area contributed by atoms with Crippen LogP contribution >= 0.6 is 0 Å². The Labute approximate surface area is 135 Å². The van der Waals surface area contributed by atoms with Crippen LogP contribution in [-0.4, -0.2) is 21.8 Å². The normalized spacial score (nSPS) is 13.6. The highest BCUT2D eigenvalue weighted by Crippen LogP contribution is 2.13. The maximum Gasteiger partial charge on any atom is 0.303 e. The molecule has 126 valence electrons. The summed E-state index contributed by atoms with van der Waals surface area (Å²) in [4.78, 5) is 10.3.